The van der Waals surface area contributed by atoms with Gasteiger partial charge in [-0.05, 0) is 66.1 Å². The molecule has 1 N–H and O–H groups in total. The molecule has 2 aromatic rings. The van der Waals surface area contributed by atoms with Gasteiger partial charge < -0.3 is 10.1 Å². The third kappa shape index (κ3) is 3.98. The Hall–Kier alpha value is -1.40. The zero-order valence-electron chi connectivity index (χ0n) is 13.8. The number of ether oxygens (including phenoxy) is 1. The van der Waals surface area contributed by atoms with E-state index in [2.05, 4.69) is 59.1 Å². The summed E-state index contributed by atoms with van der Waals surface area (Å²) in [4.78, 5) is 12.5. The Morgan fingerprint density at radius 2 is 1.92 bits per heavy atom. The minimum absolute atomic E-state index is 0.00737. The Morgan fingerprint density at radius 3 is 2.62 bits per heavy atom. The van der Waals surface area contributed by atoms with Crippen LogP contribution in [0.1, 0.15) is 34.3 Å². The molecule has 1 aliphatic heterocycles. The Kier molecular flexibility index (Phi) is 5.56. The molecule has 0 radical (unpaired) electrons. The number of benzene rings is 2. The first-order chi connectivity index (χ1) is 11.6. The lowest BCUT2D eigenvalue weighted by Crippen LogP contribution is -2.44. The molecule has 126 valence electrons. The summed E-state index contributed by atoms with van der Waals surface area (Å²) in [5, 5.41) is 3.16. The second-order valence-corrected chi connectivity index (χ2v) is 7.70. The van der Waals surface area contributed by atoms with Gasteiger partial charge in [-0.1, -0.05) is 35.9 Å². The van der Waals surface area contributed by atoms with Gasteiger partial charge in [-0.3, -0.25) is 4.79 Å². The highest BCUT2D eigenvalue weighted by Gasteiger charge is 2.35. The van der Waals surface area contributed by atoms with Crippen molar-refractivity contribution >= 4 is 28.5 Å². The van der Waals surface area contributed by atoms with Gasteiger partial charge in [0.25, 0.3) is 5.91 Å². The maximum atomic E-state index is 12.5. The lowest BCUT2D eigenvalue weighted by atomic mass is 9.73. The number of carbonyl (C=O) groups is 1. The number of hydrogen-bond acceptors (Lipinski definition) is 2. The summed E-state index contributed by atoms with van der Waals surface area (Å²) in [6.45, 7) is 4.24. The van der Waals surface area contributed by atoms with Crippen molar-refractivity contribution in [3.63, 3.8) is 0 Å². The average molecular weight is 435 g/mol. The number of rotatable bonds is 4. The van der Waals surface area contributed by atoms with Crippen LogP contribution in [0.25, 0.3) is 0 Å². The van der Waals surface area contributed by atoms with Crippen molar-refractivity contribution in [2.24, 2.45) is 0 Å². The van der Waals surface area contributed by atoms with Crippen LogP contribution in [0, 0.1) is 10.5 Å². The number of aryl methyl sites for hydroxylation is 1. The highest BCUT2D eigenvalue weighted by atomic mass is 127. The summed E-state index contributed by atoms with van der Waals surface area (Å²) in [6.07, 6.45) is 1.87. The fourth-order valence-corrected chi connectivity index (χ4v) is 3.83. The molecule has 0 aromatic heterocycles. The smallest absolute Gasteiger partial charge is 0.251 e. The summed E-state index contributed by atoms with van der Waals surface area (Å²) < 4.78 is 6.64. The number of carbonyl (C=O) groups excluding carboxylic acids is 1. The van der Waals surface area contributed by atoms with E-state index in [0.29, 0.717) is 12.1 Å². The quantitative estimate of drug-likeness (QED) is 0.736. The molecule has 1 amide bonds. The monoisotopic (exact) mass is 435 g/mol. The van der Waals surface area contributed by atoms with Gasteiger partial charge in [0.1, 0.15) is 0 Å². The molecule has 1 heterocycles. The molecule has 1 aliphatic rings. The lowest BCUT2D eigenvalue weighted by Gasteiger charge is -2.38. The summed E-state index contributed by atoms with van der Waals surface area (Å²) in [5.41, 5.74) is 3.23. The van der Waals surface area contributed by atoms with E-state index in [4.69, 9.17) is 4.74 Å². The van der Waals surface area contributed by atoms with E-state index in [1.54, 1.807) is 0 Å². The predicted molar refractivity (Wildman–Crippen MR) is 104 cm³/mol. The molecule has 0 spiro atoms. The predicted octanol–water partition coefficient (Wildman–Crippen LogP) is 4.08. The van der Waals surface area contributed by atoms with Crippen LogP contribution in [0.2, 0.25) is 0 Å². The van der Waals surface area contributed by atoms with Crippen LogP contribution >= 0.6 is 22.6 Å². The largest absolute Gasteiger partial charge is 0.381 e. The van der Waals surface area contributed by atoms with E-state index >= 15 is 0 Å². The van der Waals surface area contributed by atoms with Gasteiger partial charge in [-0.2, -0.15) is 0 Å². The summed E-state index contributed by atoms with van der Waals surface area (Å²) in [6, 6.07) is 16.3. The molecule has 0 unspecified atom stereocenters. The van der Waals surface area contributed by atoms with E-state index in [-0.39, 0.29) is 11.3 Å². The van der Waals surface area contributed by atoms with Gasteiger partial charge in [0.15, 0.2) is 0 Å². The van der Waals surface area contributed by atoms with Crippen LogP contribution in [0.5, 0.6) is 0 Å². The van der Waals surface area contributed by atoms with Gasteiger partial charge in [0.2, 0.25) is 0 Å². The zero-order chi connectivity index (χ0) is 17.0. The normalized spacial score (nSPS) is 16.6. The molecule has 0 saturated carbocycles. The molecular weight excluding hydrogens is 413 g/mol. The van der Waals surface area contributed by atoms with Crippen LogP contribution < -0.4 is 5.32 Å². The molecule has 24 heavy (non-hydrogen) atoms. The second kappa shape index (κ2) is 7.66. The van der Waals surface area contributed by atoms with Crippen LogP contribution in [0.15, 0.2) is 48.5 Å². The summed E-state index contributed by atoms with van der Waals surface area (Å²) in [5.74, 6) is -0.00737. The van der Waals surface area contributed by atoms with Crippen molar-refractivity contribution in [1.82, 2.24) is 5.32 Å². The fraction of sp³-hybridized carbons (Fsp3) is 0.350. The van der Waals surface area contributed by atoms with E-state index < -0.39 is 0 Å². The molecule has 3 nitrogen and oxygen atoms in total. The van der Waals surface area contributed by atoms with Crippen LogP contribution in [-0.2, 0) is 10.2 Å². The first-order valence-electron chi connectivity index (χ1n) is 8.28. The average Bonchev–Trinajstić information content (AvgIpc) is 2.60. The van der Waals surface area contributed by atoms with Crippen molar-refractivity contribution < 1.29 is 9.53 Å². The van der Waals surface area contributed by atoms with E-state index in [0.717, 1.165) is 29.6 Å². The standard InChI is InChI=1S/C20H22INO2/c1-15-4-2-6-17(12-15)20(8-10-24-11-9-20)14-22-19(23)16-5-3-7-18(21)13-16/h2-7,12-13H,8-11,14H2,1H3,(H,22,23). The Labute approximate surface area is 156 Å². The third-order valence-electron chi connectivity index (χ3n) is 4.75. The molecule has 1 saturated heterocycles. The highest BCUT2D eigenvalue weighted by Crippen LogP contribution is 2.34. The molecule has 2 aromatic carbocycles. The molecular formula is C20H22INO2. The Morgan fingerprint density at radius 1 is 1.17 bits per heavy atom. The van der Waals surface area contributed by atoms with Crippen molar-refractivity contribution in [2.75, 3.05) is 19.8 Å². The van der Waals surface area contributed by atoms with Crippen LogP contribution in [0.4, 0.5) is 0 Å². The number of halogens is 1. The lowest BCUT2D eigenvalue weighted by molar-refractivity contribution is 0.0487. The van der Waals surface area contributed by atoms with Crippen molar-refractivity contribution in [2.45, 2.75) is 25.2 Å². The fourth-order valence-electron chi connectivity index (χ4n) is 3.29. The SMILES string of the molecule is Cc1cccc(C2(CNC(=O)c3cccc(I)c3)CCOCC2)c1. The van der Waals surface area contributed by atoms with Crippen LogP contribution in [0.3, 0.4) is 0 Å². The van der Waals surface area contributed by atoms with Gasteiger partial charge in [0, 0.05) is 34.3 Å². The zero-order valence-corrected chi connectivity index (χ0v) is 16.0. The Balaban J connectivity index is 1.79. The van der Waals surface area contributed by atoms with Crippen molar-refractivity contribution in [3.8, 4) is 0 Å². The molecule has 4 heteroatoms. The Bertz CT molecular complexity index is 723. The molecule has 0 atom stereocenters. The third-order valence-corrected chi connectivity index (χ3v) is 5.43. The van der Waals surface area contributed by atoms with E-state index in [1.165, 1.54) is 11.1 Å². The molecule has 1 fully saturated rings. The highest BCUT2D eigenvalue weighted by molar-refractivity contribution is 14.1. The molecule has 3 rings (SSSR count). The molecule has 0 aliphatic carbocycles. The molecule has 0 bridgehead atoms. The minimum Gasteiger partial charge on any atom is -0.381 e. The van der Waals surface area contributed by atoms with Gasteiger partial charge in [-0.15, -0.1) is 0 Å². The van der Waals surface area contributed by atoms with Gasteiger partial charge in [-0.25, -0.2) is 0 Å². The van der Waals surface area contributed by atoms with E-state index in [9.17, 15) is 4.79 Å². The second-order valence-electron chi connectivity index (χ2n) is 6.46. The van der Waals surface area contributed by atoms with Gasteiger partial charge >= 0.3 is 0 Å². The maximum Gasteiger partial charge on any atom is 0.251 e. The summed E-state index contributed by atoms with van der Waals surface area (Å²) >= 11 is 2.23. The minimum atomic E-state index is -0.0398. The number of hydrogen-bond donors (Lipinski definition) is 1. The van der Waals surface area contributed by atoms with Crippen LogP contribution in [-0.4, -0.2) is 25.7 Å². The first kappa shape index (κ1) is 17.4. The van der Waals surface area contributed by atoms with Crippen molar-refractivity contribution in [1.29, 1.82) is 0 Å². The topological polar surface area (TPSA) is 38.3 Å². The van der Waals surface area contributed by atoms with E-state index in [1.807, 2.05) is 24.3 Å². The number of amides is 1. The van der Waals surface area contributed by atoms with Gasteiger partial charge in [0.05, 0.1) is 0 Å². The first-order valence-corrected chi connectivity index (χ1v) is 9.36. The maximum absolute atomic E-state index is 12.5. The number of nitrogens with one attached hydrogen (secondary N) is 1. The summed E-state index contributed by atoms with van der Waals surface area (Å²) in [7, 11) is 0. The van der Waals surface area contributed by atoms with Crippen molar-refractivity contribution in [3.05, 3.63) is 68.8 Å².